The van der Waals surface area contributed by atoms with Crippen LogP contribution < -0.4 is 5.32 Å². The minimum absolute atomic E-state index is 0.0377. The van der Waals surface area contributed by atoms with Crippen molar-refractivity contribution in [2.45, 2.75) is 238 Å². The van der Waals surface area contributed by atoms with Crippen LogP contribution in [0.2, 0.25) is 0 Å². The lowest BCUT2D eigenvalue weighted by atomic mass is 10.0. The Balaban J connectivity index is 4.71. The molecule has 0 saturated carbocycles. The van der Waals surface area contributed by atoms with E-state index in [4.69, 9.17) is 4.74 Å². The zero-order valence-corrected chi connectivity index (χ0v) is 39.1. The van der Waals surface area contributed by atoms with Gasteiger partial charge >= 0.3 is 5.97 Å². The molecule has 0 aromatic carbocycles. The molecule has 0 rings (SSSR count). The Labute approximate surface area is 370 Å². The Morgan fingerprint density at radius 1 is 0.500 bits per heavy atom. The molecule has 0 aromatic rings. The van der Waals surface area contributed by atoms with E-state index >= 15 is 0 Å². The lowest BCUT2D eigenvalue weighted by Gasteiger charge is -2.24. The fourth-order valence-electron chi connectivity index (χ4n) is 6.98. The molecule has 3 unspecified atom stereocenters. The second-order valence-electron chi connectivity index (χ2n) is 16.5. The molecule has 0 spiro atoms. The molecule has 1 amide bonds. The highest BCUT2D eigenvalue weighted by Gasteiger charge is 2.24. The molecule has 0 aliphatic rings. The lowest BCUT2D eigenvalue weighted by Crippen LogP contribution is -2.46. The minimum atomic E-state index is -0.804. The van der Waals surface area contributed by atoms with Crippen LogP contribution in [0.5, 0.6) is 0 Å². The smallest absolute Gasteiger partial charge is 0.306 e. The van der Waals surface area contributed by atoms with Gasteiger partial charge in [-0.2, -0.15) is 0 Å². The predicted octanol–water partition coefficient (Wildman–Crippen LogP) is 14.8. The van der Waals surface area contributed by atoms with Crippen molar-refractivity contribution in [3.8, 4) is 0 Å². The first-order chi connectivity index (χ1) is 29.5. The van der Waals surface area contributed by atoms with Crippen LogP contribution in [0.1, 0.15) is 220 Å². The van der Waals surface area contributed by atoms with Crippen molar-refractivity contribution in [3.05, 3.63) is 85.1 Å². The fourth-order valence-corrected chi connectivity index (χ4v) is 6.98. The third-order valence-corrected chi connectivity index (χ3v) is 10.7. The standard InChI is InChI=1S/C54H93NO5/c1-4-7-10-13-16-19-21-23-24-25-26-27-28-30-32-35-38-41-44-47-54(59)60-50(45-42-39-36-34-31-29-22-20-17-14-11-8-5-2)48-53(58)55-51(49-56)52(57)46-43-40-37-33-18-15-12-9-6-3/h7,10,16,19-20,22-24,26-27,30,32,38,41,50-52,56-57H,4-6,8-9,11-15,17-18,21,25,28-29,31,33-37,39-40,42-49H2,1-3H3,(H,55,58)/b10-7-,19-16-,22-20-,24-23-,27-26-,32-30-,41-38-. The number of hydrogen-bond donors (Lipinski definition) is 3. The van der Waals surface area contributed by atoms with Gasteiger partial charge in [-0.25, -0.2) is 0 Å². The van der Waals surface area contributed by atoms with Gasteiger partial charge in [-0.15, -0.1) is 0 Å². The maximum Gasteiger partial charge on any atom is 0.306 e. The van der Waals surface area contributed by atoms with Crippen LogP contribution in [0, 0.1) is 0 Å². The van der Waals surface area contributed by atoms with Crippen molar-refractivity contribution in [2.24, 2.45) is 0 Å². The SMILES string of the molecule is CC/C=C\C/C=C\C/C=C\C/C=C\C/C=C\C/C=C\CCC(=O)OC(CCCCCCC/C=C\CCCCCC)CC(=O)NC(CO)C(O)CCCCCCCCCCC. The normalized spacial score (nSPS) is 14.0. The molecule has 0 aliphatic carbocycles. The van der Waals surface area contributed by atoms with Gasteiger partial charge in [-0.3, -0.25) is 9.59 Å². The highest BCUT2D eigenvalue weighted by molar-refractivity contribution is 5.77. The molecule has 0 aliphatic heterocycles. The monoisotopic (exact) mass is 836 g/mol. The summed E-state index contributed by atoms with van der Waals surface area (Å²) in [6.45, 7) is 6.31. The Morgan fingerprint density at radius 2 is 0.900 bits per heavy atom. The highest BCUT2D eigenvalue weighted by atomic mass is 16.5. The molecule has 0 bridgehead atoms. The van der Waals surface area contributed by atoms with Gasteiger partial charge in [-0.1, -0.05) is 202 Å². The Kier molecular flexibility index (Phi) is 44.8. The molecular formula is C54H93NO5. The van der Waals surface area contributed by atoms with Crippen LogP contribution in [0.3, 0.4) is 0 Å². The van der Waals surface area contributed by atoms with Crippen molar-refractivity contribution < 1.29 is 24.5 Å². The summed E-state index contributed by atoms with van der Waals surface area (Å²) < 4.78 is 5.87. The van der Waals surface area contributed by atoms with Crippen LogP contribution in [0.4, 0.5) is 0 Å². The summed E-state index contributed by atoms with van der Waals surface area (Å²) in [4.78, 5) is 26.0. The molecular weight excluding hydrogens is 743 g/mol. The molecule has 3 N–H and O–H groups in total. The summed E-state index contributed by atoms with van der Waals surface area (Å²) in [5, 5.41) is 23.6. The lowest BCUT2D eigenvalue weighted by molar-refractivity contribution is -0.150. The Hall–Kier alpha value is -2.96. The quantitative estimate of drug-likeness (QED) is 0.0323. The third-order valence-electron chi connectivity index (χ3n) is 10.7. The second-order valence-corrected chi connectivity index (χ2v) is 16.5. The van der Waals surface area contributed by atoms with E-state index < -0.39 is 18.2 Å². The summed E-state index contributed by atoms with van der Waals surface area (Å²) >= 11 is 0. The van der Waals surface area contributed by atoms with Gasteiger partial charge < -0.3 is 20.3 Å². The highest BCUT2D eigenvalue weighted by Crippen LogP contribution is 2.17. The average Bonchev–Trinajstić information content (AvgIpc) is 3.24. The molecule has 60 heavy (non-hydrogen) atoms. The number of unbranched alkanes of at least 4 members (excludes halogenated alkanes) is 17. The number of carbonyl (C=O) groups is 2. The first kappa shape index (κ1) is 57.0. The van der Waals surface area contributed by atoms with Crippen LogP contribution in [-0.4, -0.2) is 46.9 Å². The van der Waals surface area contributed by atoms with Crippen LogP contribution in [0.25, 0.3) is 0 Å². The summed E-state index contributed by atoms with van der Waals surface area (Å²) in [6.07, 6.45) is 60.8. The van der Waals surface area contributed by atoms with Gasteiger partial charge in [0.1, 0.15) is 6.10 Å². The van der Waals surface area contributed by atoms with Crippen molar-refractivity contribution in [1.29, 1.82) is 0 Å². The topological polar surface area (TPSA) is 95.9 Å². The van der Waals surface area contributed by atoms with E-state index in [9.17, 15) is 19.8 Å². The number of aliphatic hydroxyl groups excluding tert-OH is 2. The molecule has 0 aromatic heterocycles. The maximum absolute atomic E-state index is 13.1. The van der Waals surface area contributed by atoms with Gasteiger partial charge in [0, 0.05) is 6.42 Å². The largest absolute Gasteiger partial charge is 0.462 e. The van der Waals surface area contributed by atoms with Crippen molar-refractivity contribution in [2.75, 3.05) is 6.61 Å². The summed E-state index contributed by atoms with van der Waals surface area (Å²) in [7, 11) is 0. The fraction of sp³-hybridized carbons (Fsp3) is 0.704. The van der Waals surface area contributed by atoms with Crippen molar-refractivity contribution >= 4 is 11.9 Å². The van der Waals surface area contributed by atoms with Gasteiger partial charge in [-0.05, 0) is 89.9 Å². The van der Waals surface area contributed by atoms with Gasteiger partial charge in [0.15, 0.2) is 0 Å². The van der Waals surface area contributed by atoms with Crippen molar-refractivity contribution in [1.82, 2.24) is 5.32 Å². The number of carbonyl (C=O) groups excluding carboxylic acids is 2. The summed E-state index contributed by atoms with van der Waals surface area (Å²) in [5.74, 6) is -0.589. The second kappa shape index (κ2) is 47.1. The number of amides is 1. The number of hydrogen-bond acceptors (Lipinski definition) is 5. The van der Waals surface area contributed by atoms with E-state index in [0.717, 1.165) is 83.5 Å². The number of allylic oxidation sites excluding steroid dienone is 14. The molecule has 0 heterocycles. The van der Waals surface area contributed by atoms with E-state index in [2.05, 4.69) is 105 Å². The van der Waals surface area contributed by atoms with E-state index in [-0.39, 0.29) is 31.3 Å². The molecule has 0 radical (unpaired) electrons. The Morgan fingerprint density at radius 3 is 1.38 bits per heavy atom. The summed E-state index contributed by atoms with van der Waals surface area (Å²) in [6, 6.07) is -0.721. The van der Waals surface area contributed by atoms with E-state index in [1.165, 1.54) is 83.5 Å². The molecule has 344 valence electrons. The van der Waals surface area contributed by atoms with Gasteiger partial charge in [0.25, 0.3) is 0 Å². The molecule has 0 fully saturated rings. The number of nitrogens with one attached hydrogen (secondary N) is 1. The van der Waals surface area contributed by atoms with Crippen LogP contribution in [0.15, 0.2) is 85.1 Å². The number of ether oxygens (including phenoxy) is 1. The minimum Gasteiger partial charge on any atom is -0.462 e. The van der Waals surface area contributed by atoms with Gasteiger partial charge in [0.05, 0.1) is 25.2 Å². The molecule has 6 heteroatoms. The molecule has 3 atom stereocenters. The third kappa shape index (κ3) is 41.8. The van der Waals surface area contributed by atoms with Crippen LogP contribution in [-0.2, 0) is 14.3 Å². The van der Waals surface area contributed by atoms with Crippen LogP contribution >= 0.6 is 0 Å². The van der Waals surface area contributed by atoms with E-state index in [1.54, 1.807) is 0 Å². The Bertz CT molecular complexity index is 1160. The number of esters is 1. The molecule has 6 nitrogen and oxygen atoms in total. The predicted molar refractivity (Wildman–Crippen MR) is 259 cm³/mol. The molecule has 0 saturated heterocycles. The summed E-state index contributed by atoms with van der Waals surface area (Å²) in [5.41, 5.74) is 0. The first-order valence-corrected chi connectivity index (χ1v) is 24.8. The van der Waals surface area contributed by atoms with E-state index in [0.29, 0.717) is 19.3 Å². The number of rotatable bonds is 43. The maximum atomic E-state index is 13.1. The number of aliphatic hydroxyl groups is 2. The average molecular weight is 836 g/mol. The van der Waals surface area contributed by atoms with Gasteiger partial charge in [0.2, 0.25) is 5.91 Å². The van der Waals surface area contributed by atoms with Crippen molar-refractivity contribution in [3.63, 3.8) is 0 Å². The zero-order chi connectivity index (χ0) is 43.8. The first-order valence-electron chi connectivity index (χ1n) is 24.8. The zero-order valence-electron chi connectivity index (χ0n) is 39.1. The van der Waals surface area contributed by atoms with E-state index in [1.807, 2.05) is 6.08 Å².